The number of aromatic amines is 2. The minimum Gasteiger partial charge on any atom is -0.369 e. The van der Waals surface area contributed by atoms with Gasteiger partial charge in [0.25, 0.3) is 5.56 Å². The number of hydrogen-bond donors (Lipinski definition) is 4. The van der Waals surface area contributed by atoms with Crippen LogP contribution in [0.3, 0.4) is 0 Å². The number of nitrogens with zero attached hydrogens (tertiary/aromatic N) is 2. The number of rotatable bonds is 3. The lowest BCUT2D eigenvalue weighted by Crippen LogP contribution is -2.44. The van der Waals surface area contributed by atoms with E-state index in [0.717, 1.165) is 44.6 Å². The molecule has 1 aliphatic rings. The van der Waals surface area contributed by atoms with Crippen molar-refractivity contribution in [3.8, 4) is 0 Å². The molecule has 1 aliphatic heterocycles. The summed E-state index contributed by atoms with van der Waals surface area (Å²) in [6.07, 6.45) is 4.29. The van der Waals surface area contributed by atoms with E-state index in [4.69, 9.17) is 5.73 Å². The van der Waals surface area contributed by atoms with E-state index in [1.54, 1.807) is 0 Å². The van der Waals surface area contributed by atoms with Gasteiger partial charge in [-0.2, -0.15) is 4.98 Å². The Morgan fingerprint density at radius 1 is 1.35 bits per heavy atom. The van der Waals surface area contributed by atoms with Gasteiger partial charge < -0.3 is 16.0 Å². The summed E-state index contributed by atoms with van der Waals surface area (Å²) in [6, 6.07) is 0. The fourth-order valence-electron chi connectivity index (χ4n) is 3.16. The minimum atomic E-state index is -0.262. The quantitative estimate of drug-likeness (QED) is 0.657. The van der Waals surface area contributed by atoms with Gasteiger partial charge in [-0.05, 0) is 25.8 Å². The van der Waals surface area contributed by atoms with Crippen molar-refractivity contribution in [2.75, 3.05) is 18.8 Å². The zero-order valence-electron chi connectivity index (χ0n) is 11.6. The summed E-state index contributed by atoms with van der Waals surface area (Å²) < 4.78 is 0. The lowest BCUT2D eigenvalue weighted by molar-refractivity contribution is 0.278. The summed E-state index contributed by atoms with van der Waals surface area (Å²) in [6.45, 7) is 4.09. The van der Waals surface area contributed by atoms with Crippen LogP contribution in [0.1, 0.15) is 38.4 Å². The van der Waals surface area contributed by atoms with Crippen molar-refractivity contribution in [3.63, 3.8) is 0 Å². The van der Waals surface area contributed by atoms with Crippen molar-refractivity contribution in [1.82, 2.24) is 25.3 Å². The third kappa shape index (κ3) is 2.07. The summed E-state index contributed by atoms with van der Waals surface area (Å²) in [4.78, 5) is 26.2. The summed E-state index contributed by atoms with van der Waals surface area (Å²) in [5.74, 6) is 0.956. The van der Waals surface area contributed by atoms with E-state index in [2.05, 4.69) is 32.2 Å². The Morgan fingerprint density at radius 3 is 2.90 bits per heavy atom. The fourth-order valence-corrected chi connectivity index (χ4v) is 3.16. The molecule has 2 aromatic heterocycles. The number of anilines is 1. The van der Waals surface area contributed by atoms with Crippen LogP contribution in [0.5, 0.6) is 0 Å². The molecule has 3 heterocycles. The van der Waals surface area contributed by atoms with Gasteiger partial charge in [-0.15, -0.1) is 0 Å². The topological polar surface area (TPSA) is 112 Å². The number of H-pyrrole nitrogens is 2. The van der Waals surface area contributed by atoms with E-state index < -0.39 is 0 Å². The molecular weight excluding hydrogens is 256 g/mol. The van der Waals surface area contributed by atoms with Gasteiger partial charge >= 0.3 is 0 Å². The molecular formula is C13H20N6O. The minimum absolute atomic E-state index is 0.0328. The van der Waals surface area contributed by atoms with Crippen molar-refractivity contribution < 1.29 is 0 Å². The van der Waals surface area contributed by atoms with Gasteiger partial charge in [-0.25, -0.2) is 4.98 Å². The molecule has 0 aliphatic carbocycles. The summed E-state index contributed by atoms with van der Waals surface area (Å²) in [5.41, 5.74) is 6.09. The first kappa shape index (κ1) is 13.1. The first-order valence-corrected chi connectivity index (χ1v) is 7.11. The van der Waals surface area contributed by atoms with Crippen LogP contribution in [0.25, 0.3) is 11.2 Å². The van der Waals surface area contributed by atoms with Gasteiger partial charge in [-0.3, -0.25) is 9.78 Å². The van der Waals surface area contributed by atoms with Crippen LogP contribution in [0.4, 0.5) is 5.95 Å². The number of aromatic nitrogens is 4. The maximum atomic E-state index is 11.9. The number of imidazole rings is 1. The highest BCUT2D eigenvalue weighted by molar-refractivity contribution is 5.70. The second kappa shape index (κ2) is 4.90. The first-order chi connectivity index (χ1) is 9.64. The number of hydrogen-bond acceptors (Lipinski definition) is 5. The Labute approximate surface area is 116 Å². The number of piperidine rings is 1. The second-order valence-corrected chi connectivity index (χ2v) is 5.55. The van der Waals surface area contributed by atoms with Crippen LogP contribution < -0.4 is 16.6 Å². The van der Waals surface area contributed by atoms with Crippen LogP contribution in [0.2, 0.25) is 0 Å². The molecule has 0 aromatic carbocycles. The molecule has 20 heavy (non-hydrogen) atoms. The Morgan fingerprint density at radius 2 is 2.20 bits per heavy atom. The fraction of sp³-hybridized carbons (Fsp3) is 0.615. The van der Waals surface area contributed by atoms with Crippen LogP contribution in [-0.4, -0.2) is 33.0 Å². The smallest absolute Gasteiger partial charge is 0.278 e. The predicted molar refractivity (Wildman–Crippen MR) is 77.6 cm³/mol. The normalized spacial score (nSPS) is 23.2. The maximum Gasteiger partial charge on any atom is 0.278 e. The van der Waals surface area contributed by atoms with Crippen molar-refractivity contribution in [2.45, 2.75) is 38.0 Å². The average Bonchev–Trinajstić information content (AvgIpc) is 2.85. The Kier molecular flexibility index (Phi) is 3.21. The van der Waals surface area contributed by atoms with Crippen LogP contribution in [0, 0.1) is 0 Å². The molecule has 0 amide bonds. The molecule has 7 heteroatoms. The second-order valence-electron chi connectivity index (χ2n) is 5.55. The molecule has 0 spiro atoms. The van der Waals surface area contributed by atoms with E-state index in [-0.39, 0.29) is 16.9 Å². The summed E-state index contributed by atoms with van der Waals surface area (Å²) >= 11 is 0. The SMILES string of the molecule is CCCC1(c2nc3nc(N)[nH]c(=O)c3[nH]2)CCCNC1. The predicted octanol–water partition coefficient (Wildman–Crippen LogP) is 0.650. The number of fused-ring (bicyclic) bond motifs is 1. The van der Waals surface area contributed by atoms with Crippen molar-refractivity contribution in [2.24, 2.45) is 0 Å². The van der Waals surface area contributed by atoms with Gasteiger partial charge in [0.05, 0.1) is 0 Å². The van der Waals surface area contributed by atoms with E-state index in [0.29, 0.717) is 11.2 Å². The van der Waals surface area contributed by atoms with E-state index >= 15 is 0 Å². The Bertz CT molecular complexity index is 662. The number of nitrogens with two attached hydrogens (primary N) is 1. The summed E-state index contributed by atoms with van der Waals surface area (Å²) in [7, 11) is 0. The van der Waals surface area contributed by atoms with Crippen molar-refractivity contribution in [1.29, 1.82) is 0 Å². The highest BCUT2D eigenvalue weighted by Gasteiger charge is 2.36. The molecule has 2 aromatic rings. The number of nitrogen functional groups attached to an aromatic ring is 1. The van der Waals surface area contributed by atoms with Crippen molar-refractivity contribution in [3.05, 3.63) is 16.2 Å². The Hall–Kier alpha value is -1.89. The zero-order valence-corrected chi connectivity index (χ0v) is 11.6. The molecule has 3 rings (SSSR count). The van der Waals surface area contributed by atoms with E-state index in [9.17, 15) is 4.79 Å². The van der Waals surface area contributed by atoms with Crippen LogP contribution in [-0.2, 0) is 5.41 Å². The molecule has 108 valence electrons. The monoisotopic (exact) mass is 276 g/mol. The Balaban J connectivity index is 2.11. The van der Waals surface area contributed by atoms with E-state index in [1.165, 1.54) is 0 Å². The van der Waals surface area contributed by atoms with Crippen LogP contribution in [0.15, 0.2) is 4.79 Å². The van der Waals surface area contributed by atoms with Gasteiger partial charge in [0.15, 0.2) is 11.2 Å². The van der Waals surface area contributed by atoms with Crippen molar-refractivity contribution >= 4 is 17.1 Å². The number of nitrogens with one attached hydrogen (secondary N) is 3. The lowest BCUT2D eigenvalue weighted by atomic mass is 9.76. The molecule has 0 radical (unpaired) electrons. The lowest BCUT2D eigenvalue weighted by Gasteiger charge is -2.35. The van der Waals surface area contributed by atoms with Gasteiger partial charge in [-0.1, -0.05) is 13.3 Å². The highest BCUT2D eigenvalue weighted by Crippen LogP contribution is 2.34. The van der Waals surface area contributed by atoms with Gasteiger partial charge in [0, 0.05) is 12.0 Å². The van der Waals surface area contributed by atoms with Crippen LogP contribution >= 0.6 is 0 Å². The third-order valence-corrected chi connectivity index (χ3v) is 4.08. The van der Waals surface area contributed by atoms with Gasteiger partial charge in [0.1, 0.15) is 5.82 Å². The summed E-state index contributed by atoms with van der Waals surface area (Å²) in [5, 5.41) is 3.44. The molecule has 0 bridgehead atoms. The highest BCUT2D eigenvalue weighted by atomic mass is 16.1. The zero-order chi connectivity index (χ0) is 14.2. The largest absolute Gasteiger partial charge is 0.369 e. The molecule has 0 saturated carbocycles. The molecule has 5 N–H and O–H groups in total. The van der Waals surface area contributed by atoms with E-state index in [1.807, 2.05) is 0 Å². The first-order valence-electron chi connectivity index (χ1n) is 7.11. The molecule has 1 fully saturated rings. The molecule has 7 nitrogen and oxygen atoms in total. The molecule has 1 saturated heterocycles. The standard InChI is InChI=1S/C13H20N6O/c1-2-4-13(5-3-6-15-7-13)11-16-8-9(17-11)18-12(14)19-10(8)20/h15H,2-7H2,1H3,(H4,14,16,17,18,19,20). The average molecular weight is 276 g/mol. The molecule has 1 unspecified atom stereocenters. The van der Waals surface area contributed by atoms with Gasteiger partial charge in [0.2, 0.25) is 5.95 Å². The molecule has 1 atom stereocenters. The third-order valence-electron chi connectivity index (χ3n) is 4.08. The maximum absolute atomic E-state index is 11.9.